The zero-order valence-electron chi connectivity index (χ0n) is 11.5. The van der Waals surface area contributed by atoms with Crippen LogP contribution < -0.4 is 5.32 Å². The number of rotatable bonds is 2. The monoisotopic (exact) mass is 288 g/mol. The van der Waals surface area contributed by atoms with Crippen molar-refractivity contribution in [2.75, 3.05) is 31.1 Å². The minimum Gasteiger partial charge on any atom is -0.337 e. The average Bonchev–Trinajstić information content (AvgIpc) is 2.56. The first-order chi connectivity index (χ1) is 9.84. The van der Waals surface area contributed by atoms with Gasteiger partial charge in [0.25, 0.3) is 0 Å². The molecule has 3 rings (SSSR count). The summed E-state index contributed by atoms with van der Waals surface area (Å²) in [6.45, 7) is 2.52. The fourth-order valence-electron chi connectivity index (χ4n) is 2.73. The number of amides is 1. The van der Waals surface area contributed by atoms with E-state index < -0.39 is 0 Å². The SMILES string of the molecule is O=C(C1CSCCN1)N1CC=C(c2ccccc2)CC1. The maximum atomic E-state index is 12.4. The third kappa shape index (κ3) is 3.07. The highest BCUT2D eigenvalue weighted by Gasteiger charge is 2.26. The van der Waals surface area contributed by atoms with E-state index in [-0.39, 0.29) is 11.9 Å². The zero-order chi connectivity index (χ0) is 13.8. The topological polar surface area (TPSA) is 32.3 Å². The van der Waals surface area contributed by atoms with E-state index in [9.17, 15) is 4.79 Å². The second-order valence-electron chi connectivity index (χ2n) is 5.21. The lowest BCUT2D eigenvalue weighted by molar-refractivity contribution is -0.132. The van der Waals surface area contributed by atoms with Crippen LogP contribution in [0.15, 0.2) is 36.4 Å². The van der Waals surface area contributed by atoms with Gasteiger partial charge in [0, 0.05) is 31.1 Å². The molecule has 0 aromatic heterocycles. The molecule has 106 valence electrons. The lowest BCUT2D eigenvalue weighted by Gasteiger charge is -2.32. The first-order valence-corrected chi connectivity index (χ1v) is 8.34. The summed E-state index contributed by atoms with van der Waals surface area (Å²) in [4.78, 5) is 14.4. The van der Waals surface area contributed by atoms with E-state index in [1.807, 2.05) is 22.7 Å². The van der Waals surface area contributed by atoms with Crippen LogP contribution in [0.2, 0.25) is 0 Å². The molecule has 2 aliphatic rings. The molecule has 0 aliphatic carbocycles. The van der Waals surface area contributed by atoms with Gasteiger partial charge in [0.15, 0.2) is 0 Å². The van der Waals surface area contributed by atoms with Crippen molar-refractivity contribution in [3.05, 3.63) is 42.0 Å². The van der Waals surface area contributed by atoms with Crippen LogP contribution in [0.25, 0.3) is 5.57 Å². The van der Waals surface area contributed by atoms with Gasteiger partial charge in [-0.15, -0.1) is 0 Å². The Balaban J connectivity index is 1.62. The highest BCUT2D eigenvalue weighted by Crippen LogP contribution is 2.22. The van der Waals surface area contributed by atoms with Crippen LogP contribution in [0.3, 0.4) is 0 Å². The fraction of sp³-hybridized carbons (Fsp3) is 0.438. The van der Waals surface area contributed by atoms with E-state index in [0.717, 1.165) is 37.6 Å². The molecule has 0 radical (unpaired) electrons. The molecule has 1 saturated heterocycles. The second-order valence-corrected chi connectivity index (χ2v) is 6.36. The molecule has 1 atom stereocenters. The standard InChI is InChI=1S/C16H20N2OS/c19-16(15-12-20-11-8-17-15)18-9-6-14(7-10-18)13-4-2-1-3-5-13/h1-6,15,17H,7-12H2. The summed E-state index contributed by atoms with van der Waals surface area (Å²) < 4.78 is 0. The molecule has 1 fully saturated rings. The van der Waals surface area contributed by atoms with Gasteiger partial charge >= 0.3 is 0 Å². The second kappa shape index (κ2) is 6.46. The third-order valence-corrected chi connectivity index (χ3v) is 4.95. The molecule has 1 unspecified atom stereocenters. The molecule has 0 spiro atoms. The summed E-state index contributed by atoms with van der Waals surface area (Å²) in [6.07, 6.45) is 3.16. The summed E-state index contributed by atoms with van der Waals surface area (Å²) in [6, 6.07) is 10.5. The largest absolute Gasteiger partial charge is 0.337 e. The van der Waals surface area contributed by atoms with Crippen LogP contribution in [0.5, 0.6) is 0 Å². The predicted octanol–water partition coefficient (Wildman–Crippen LogP) is 2.01. The first kappa shape index (κ1) is 13.7. The van der Waals surface area contributed by atoms with Gasteiger partial charge < -0.3 is 10.2 Å². The molecule has 20 heavy (non-hydrogen) atoms. The summed E-state index contributed by atoms with van der Waals surface area (Å²) in [7, 11) is 0. The molecule has 0 saturated carbocycles. The van der Waals surface area contributed by atoms with Gasteiger partial charge in [0.2, 0.25) is 5.91 Å². The first-order valence-electron chi connectivity index (χ1n) is 7.19. The quantitative estimate of drug-likeness (QED) is 0.903. The number of carbonyl (C=O) groups excluding carboxylic acids is 1. The number of hydrogen-bond acceptors (Lipinski definition) is 3. The van der Waals surface area contributed by atoms with Crippen molar-refractivity contribution in [3.63, 3.8) is 0 Å². The zero-order valence-corrected chi connectivity index (χ0v) is 12.4. The van der Waals surface area contributed by atoms with Gasteiger partial charge in [-0.05, 0) is 17.6 Å². The van der Waals surface area contributed by atoms with Crippen molar-refractivity contribution in [1.82, 2.24) is 10.2 Å². The van der Waals surface area contributed by atoms with Gasteiger partial charge in [-0.2, -0.15) is 11.8 Å². The summed E-state index contributed by atoms with van der Waals surface area (Å²) in [5, 5.41) is 3.33. The molecule has 2 aliphatic heterocycles. The Hall–Kier alpha value is -1.26. The van der Waals surface area contributed by atoms with Gasteiger partial charge in [-0.25, -0.2) is 0 Å². The Labute approximate surface area is 124 Å². The molecular weight excluding hydrogens is 268 g/mol. The molecule has 0 bridgehead atoms. The lowest BCUT2D eigenvalue weighted by atomic mass is 9.99. The van der Waals surface area contributed by atoms with Crippen LogP contribution in [0, 0.1) is 0 Å². The highest BCUT2D eigenvalue weighted by molar-refractivity contribution is 7.99. The van der Waals surface area contributed by atoms with Crippen molar-refractivity contribution < 1.29 is 4.79 Å². The molecular formula is C16H20N2OS. The molecule has 4 heteroatoms. The average molecular weight is 288 g/mol. The number of carbonyl (C=O) groups is 1. The van der Waals surface area contributed by atoms with Crippen molar-refractivity contribution >= 4 is 23.2 Å². The normalized spacial score (nSPS) is 23.3. The third-order valence-electron chi connectivity index (χ3n) is 3.89. The van der Waals surface area contributed by atoms with Crippen molar-refractivity contribution in [2.24, 2.45) is 0 Å². The Morgan fingerprint density at radius 1 is 1.30 bits per heavy atom. The summed E-state index contributed by atoms with van der Waals surface area (Å²) in [5.74, 6) is 2.28. The van der Waals surface area contributed by atoms with Crippen LogP contribution in [-0.4, -0.2) is 48.0 Å². The van der Waals surface area contributed by atoms with Gasteiger partial charge in [-0.3, -0.25) is 4.79 Å². The highest BCUT2D eigenvalue weighted by atomic mass is 32.2. The van der Waals surface area contributed by atoms with Crippen LogP contribution in [-0.2, 0) is 4.79 Å². The minimum atomic E-state index is 0.0143. The molecule has 1 aromatic rings. The molecule has 1 N–H and O–H groups in total. The molecule has 1 aromatic carbocycles. The Morgan fingerprint density at radius 3 is 2.80 bits per heavy atom. The lowest BCUT2D eigenvalue weighted by Crippen LogP contribution is -2.51. The van der Waals surface area contributed by atoms with Crippen LogP contribution in [0.4, 0.5) is 0 Å². The van der Waals surface area contributed by atoms with E-state index in [1.165, 1.54) is 11.1 Å². The van der Waals surface area contributed by atoms with Crippen LogP contribution in [0.1, 0.15) is 12.0 Å². The molecule has 3 nitrogen and oxygen atoms in total. The van der Waals surface area contributed by atoms with E-state index >= 15 is 0 Å². The van der Waals surface area contributed by atoms with Crippen molar-refractivity contribution in [1.29, 1.82) is 0 Å². The van der Waals surface area contributed by atoms with Crippen LogP contribution >= 0.6 is 11.8 Å². The Morgan fingerprint density at radius 2 is 2.15 bits per heavy atom. The van der Waals surface area contributed by atoms with Crippen molar-refractivity contribution in [2.45, 2.75) is 12.5 Å². The smallest absolute Gasteiger partial charge is 0.240 e. The van der Waals surface area contributed by atoms with E-state index in [2.05, 4.69) is 35.7 Å². The Bertz CT molecular complexity index is 494. The van der Waals surface area contributed by atoms with E-state index in [4.69, 9.17) is 0 Å². The number of thioether (sulfide) groups is 1. The van der Waals surface area contributed by atoms with Gasteiger partial charge in [-0.1, -0.05) is 36.4 Å². The van der Waals surface area contributed by atoms with E-state index in [0.29, 0.717) is 0 Å². The van der Waals surface area contributed by atoms with Gasteiger partial charge in [0.05, 0.1) is 6.04 Å². The fourth-order valence-corrected chi connectivity index (χ4v) is 3.65. The van der Waals surface area contributed by atoms with E-state index in [1.54, 1.807) is 0 Å². The number of nitrogens with zero attached hydrogens (tertiary/aromatic N) is 1. The molecule has 1 amide bonds. The number of benzene rings is 1. The number of hydrogen-bond donors (Lipinski definition) is 1. The minimum absolute atomic E-state index is 0.0143. The maximum Gasteiger partial charge on any atom is 0.240 e. The molecule has 2 heterocycles. The number of nitrogens with one attached hydrogen (secondary N) is 1. The van der Waals surface area contributed by atoms with Gasteiger partial charge in [0.1, 0.15) is 0 Å². The summed E-state index contributed by atoms with van der Waals surface area (Å²) >= 11 is 1.87. The Kier molecular flexibility index (Phi) is 4.43. The maximum absolute atomic E-state index is 12.4. The summed E-state index contributed by atoms with van der Waals surface area (Å²) in [5.41, 5.74) is 2.64. The van der Waals surface area contributed by atoms with Crippen molar-refractivity contribution in [3.8, 4) is 0 Å². The predicted molar refractivity (Wildman–Crippen MR) is 84.7 cm³/mol.